The molecule has 0 aromatic heterocycles. The highest BCUT2D eigenvalue weighted by Crippen LogP contribution is 2.26. The number of rotatable bonds is 6. The first-order valence-corrected chi connectivity index (χ1v) is 7.56. The van der Waals surface area contributed by atoms with Crippen LogP contribution in [0, 0.1) is 0 Å². The second kappa shape index (κ2) is 7.04. The normalized spacial score (nSPS) is 11.0. The maximum atomic E-state index is 12.3. The Bertz CT molecular complexity index is 516. The van der Waals surface area contributed by atoms with Crippen molar-refractivity contribution in [2.75, 3.05) is 7.11 Å². The van der Waals surface area contributed by atoms with Gasteiger partial charge < -0.3 is 15.8 Å². The molecule has 0 aliphatic heterocycles. The van der Waals surface area contributed by atoms with Gasteiger partial charge in [0.05, 0.1) is 22.1 Å². The topological polar surface area (TPSA) is 64.3 Å². The molecule has 110 valence electrons. The van der Waals surface area contributed by atoms with Crippen LogP contribution in [0.3, 0.4) is 0 Å². The van der Waals surface area contributed by atoms with Gasteiger partial charge in [-0.15, -0.1) is 0 Å². The number of nitrogens with one attached hydrogen (secondary N) is 1. The number of nitrogens with two attached hydrogens (primary N) is 1. The lowest BCUT2D eigenvalue weighted by Gasteiger charge is -2.31. The van der Waals surface area contributed by atoms with Gasteiger partial charge in [0.1, 0.15) is 5.75 Å². The SMILES string of the molecule is CCC(CC)(NC(=O)c1ccc(OC)c(Br)c1)C(N)=S. The summed E-state index contributed by atoms with van der Waals surface area (Å²) in [5.74, 6) is 0.470. The fraction of sp³-hybridized carbons (Fsp3) is 0.429. The van der Waals surface area contributed by atoms with Gasteiger partial charge in [0.2, 0.25) is 0 Å². The van der Waals surface area contributed by atoms with Crippen LogP contribution in [-0.2, 0) is 0 Å². The molecule has 1 aromatic rings. The predicted molar refractivity (Wildman–Crippen MR) is 88.3 cm³/mol. The molecule has 1 aromatic carbocycles. The summed E-state index contributed by atoms with van der Waals surface area (Å²) < 4.78 is 5.87. The van der Waals surface area contributed by atoms with Crippen LogP contribution in [0.15, 0.2) is 22.7 Å². The van der Waals surface area contributed by atoms with Crippen LogP contribution in [0.25, 0.3) is 0 Å². The molecule has 4 nitrogen and oxygen atoms in total. The number of ether oxygens (including phenoxy) is 1. The number of halogens is 1. The van der Waals surface area contributed by atoms with Gasteiger partial charge in [0, 0.05) is 5.56 Å². The van der Waals surface area contributed by atoms with Crippen LogP contribution in [0.5, 0.6) is 5.75 Å². The molecule has 0 aliphatic carbocycles. The lowest BCUT2D eigenvalue weighted by atomic mass is 9.92. The summed E-state index contributed by atoms with van der Waals surface area (Å²) in [6, 6.07) is 5.15. The molecule has 1 rings (SSSR count). The fourth-order valence-corrected chi connectivity index (χ4v) is 2.81. The number of carbonyl (C=O) groups excluding carboxylic acids is 1. The van der Waals surface area contributed by atoms with Gasteiger partial charge in [-0.05, 0) is 47.0 Å². The molecular formula is C14H19BrN2O2S. The molecule has 0 radical (unpaired) electrons. The van der Waals surface area contributed by atoms with E-state index in [9.17, 15) is 4.79 Å². The summed E-state index contributed by atoms with van der Waals surface area (Å²) in [4.78, 5) is 12.7. The lowest BCUT2D eigenvalue weighted by Crippen LogP contribution is -2.55. The lowest BCUT2D eigenvalue weighted by molar-refractivity contribution is 0.0919. The molecule has 20 heavy (non-hydrogen) atoms. The van der Waals surface area contributed by atoms with E-state index in [0.717, 1.165) is 4.47 Å². The van der Waals surface area contributed by atoms with Gasteiger partial charge in [0.25, 0.3) is 5.91 Å². The van der Waals surface area contributed by atoms with E-state index in [1.165, 1.54) is 0 Å². The zero-order valence-electron chi connectivity index (χ0n) is 11.8. The van der Waals surface area contributed by atoms with Gasteiger partial charge in [-0.1, -0.05) is 26.1 Å². The van der Waals surface area contributed by atoms with E-state index in [-0.39, 0.29) is 5.91 Å². The Morgan fingerprint density at radius 3 is 2.45 bits per heavy atom. The second-order valence-electron chi connectivity index (χ2n) is 4.46. The first-order valence-electron chi connectivity index (χ1n) is 6.36. The van der Waals surface area contributed by atoms with Gasteiger partial charge in [0.15, 0.2) is 0 Å². The van der Waals surface area contributed by atoms with Gasteiger partial charge in [-0.2, -0.15) is 0 Å². The molecule has 3 N–H and O–H groups in total. The third-order valence-electron chi connectivity index (χ3n) is 3.45. The van der Waals surface area contributed by atoms with Crippen molar-refractivity contribution in [1.29, 1.82) is 0 Å². The Morgan fingerprint density at radius 2 is 2.05 bits per heavy atom. The number of benzene rings is 1. The zero-order valence-corrected chi connectivity index (χ0v) is 14.2. The van der Waals surface area contributed by atoms with Crippen LogP contribution >= 0.6 is 28.1 Å². The molecule has 1 amide bonds. The van der Waals surface area contributed by atoms with Crippen LogP contribution in [0.2, 0.25) is 0 Å². The minimum absolute atomic E-state index is 0.204. The Labute approximate surface area is 133 Å². The predicted octanol–water partition coefficient (Wildman–Crippen LogP) is 3.03. The highest BCUT2D eigenvalue weighted by Gasteiger charge is 2.31. The number of amides is 1. The van der Waals surface area contributed by atoms with Crippen molar-refractivity contribution in [2.24, 2.45) is 5.73 Å². The molecule has 6 heteroatoms. The Hall–Kier alpha value is -1.14. The third kappa shape index (κ3) is 3.49. The summed E-state index contributed by atoms with van der Waals surface area (Å²) in [7, 11) is 1.58. The first-order chi connectivity index (χ1) is 9.40. The fourth-order valence-electron chi connectivity index (χ4n) is 1.93. The number of hydrogen-bond acceptors (Lipinski definition) is 3. The van der Waals surface area contributed by atoms with Crippen LogP contribution in [0.4, 0.5) is 0 Å². The number of thiocarbonyl (C=S) groups is 1. The molecule has 0 heterocycles. The van der Waals surface area contributed by atoms with Crippen molar-refractivity contribution >= 4 is 39.0 Å². The Balaban J connectivity index is 3.01. The number of carbonyl (C=O) groups is 1. The molecule has 0 fully saturated rings. The molecule has 0 saturated heterocycles. The molecule has 0 bridgehead atoms. The minimum atomic E-state index is -0.640. The quantitative estimate of drug-likeness (QED) is 0.767. The van der Waals surface area contributed by atoms with Crippen molar-refractivity contribution in [2.45, 2.75) is 32.2 Å². The van der Waals surface area contributed by atoms with E-state index in [4.69, 9.17) is 22.7 Å². The monoisotopic (exact) mass is 358 g/mol. The third-order valence-corrected chi connectivity index (χ3v) is 4.46. The molecule has 0 saturated carbocycles. The van der Waals surface area contributed by atoms with E-state index >= 15 is 0 Å². The van der Waals surface area contributed by atoms with Crippen LogP contribution in [0.1, 0.15) is 37.0 Å². The van der Waals surface area contributed by atoms with E-state index in [0.29, 0.717) is 29.1 Å². The molecule has 0 atom stereocenters. The van der Waals surface area contributed by atoms with Crippen molar-refractivity contribution in [1.82, 2.24) is 5.32 Å². The number of methoxy groups -OCH3 is 1. The maximum absolute atomic E-state index is 12.3. The van der Waals surface area contributed by atoms with E-state index in [1.54, 1.807) is 25.3 Å². The zero-order chi connectivity index (χ0) is 15.3. The molecule has 0 unspecified atom stereocenters. The summed E-state index contributed by atoms with van der Waals surface area (Å²) >= 11 is 8.46. The molecular weight excluding hydrogens is 340 g/mol. The van der Waals surface area contributed by atoms with Crippen molar-refractivity contribution in [3.8, 4) is 5.75 Å². The summed E-state index contributed by atoms with van der Waals surface area (Å²) in [5.41, 5.74) is 5.67. The summed E-state index contributed by atoms with van der Waals surface area (Å²) in [5, 5.41) is 2.94. The number of hydrogen-bond donors (Lipinski definition) is 2. The largest absolute Gasteiger partial charge is 0.496 e. The van der Waals surface area contributed by atoms with Crippen molar-refractivity contribution < 1.29 is 9.53 Å². The van der Waals surface area contributed by atoms with E-state index in [1.807, 2.05) is 13.8 Å². The van der Waals surface area contributed by atoms with Crippen molar-refractivity contribution in [3.05, 3.63) is 28.2 Å². The Kier molecular flexibility index (Phi) is 5.95. The van der Waals surface area contributed by atoms with Gasteiger partial charge in [-0.3, -0.25) is 4.79 Å². The highest BCUT2D eigenvalue weighted by atomic mass is 79.9. The smallest absolute Gasteiger partial charge is 0.252 e. The minimum Gasteiger partial charge on any atom is -0.496 e. The van der Waals surface area contributed by atoms with E-state index in [2.05, 4.69) is 21.2 Å². The second-order valence-corrected chi connectivity index (χ2v) is 5.75. The van der Waals surface area contributed by atoms with Crippen LogP contribution in [-0.4, -0.2) is 23.5 Å². The van der Waals surface area contributed by atoms with E-state index < -0.39 is 5.54 Å². The summed E-state index contributed by atoms with van der Waals surface area (Å²) in [6.45, 7) is 3.90. The first kappa shape index (κ1) is 16.9. The average molecular weight is 359 g/mol. The Morgan fingerprint density at radius 1 is 1.45 bits per heavy atom. The average Bonchev–Trinajstić information content (AvgIpc) is 2.44. The standard InChI is InChI=1S/C14H19BrN2O2S/c1-4-14(5-2,13(16)20)17-12(18)9-6-7-11(19-3)10(15)8-9/h6-8H,4-5H2,1-3H3,(H2,16,20)(H,17,18). The van der Waals surface area contributed by atoms with Gasteiger partial charge in [-0.25, -0.2) is 0 Å². The molecule has 0 aliphatic rings. The van der Waals surface area contributed by atoms with Gasteiger partial charge >= 0.3 is 0 Å². The summed E-state index contributed by atoms with van der Waals surface area (Å²) in [6.07, 6.45) is 1.31. The maximum Gasteiger partial charge on any atom is 0.252 e. The molecule has 0 spiro atoms. The van der Waals surface area contributed by atoms with Crippen LogP contribution < -0.4 is 15.8 Å². The van der Waals surface area contributed by atoms with Crippen molar-refractivity contribution in [3.63, 3.8) is 0 Å². The highest BCUT2D eigenvalue weighted by molar-refractivity contribution is 9.10.